The minimum atomic E-state index is -1.03. The molecule has 9 heteroatoms. The first kappa shape index (κ1) is 15.7. The van der Waals surface area contributed by atoms with E-state index in [1.54, 1.807) is 11.5 Å². The lowest BCUT2D eigenvalue weighted by molar-refractivity contribution is -0.115. The molecule has 0 spiro atoms. The van der Waals surface area contributed by atoms with E-state index in [2.05, 4.69) is 15.5 Å². The van der Waals surface area contributed by atoms with Crippen LogP contribution < -0.4 is 11.0 Å². The average Bonchev–Trinajstić information content (AvgIpc) is 3.27. The van der Waals surface area contributed by atoms with Gasteiger partial charge in [-0.15, -0.1) is 5.10 Å². The van der Waals surface area contributed by atoms with Gasteiger partial charge in [0.2, 0.25) is 5.91 Å². The molecule has 0 saturated heterocycles. The third kappa shape index (κ3) is 3.44. The van der Waals surface area contributed by atoms with Crippen molar-refractivity contribution in [3.8, 4) is 0 Å². The molecule has 0 aliphatic heterocycles. The average molecular weight is 340 g/mol. The number of rotatable bonds is 5. The molecule has 122 valence electrons. The number of carbonyl (C=O) groups excluding carboxylic acids is 1. The second kappa shape index (κ2) is 6.15. The molecule has 3 rings (SSSR count). The first-order valence-electron chi connectivity index (χ1n) is 7.05. The molecule has 1 aromatic heterocycles. The highest BCUT2D eigenvalue weighted by Gasteiger charge is 2.30. The smallest absolute Gasteiger partial charge is 0.325 e. The molecule has 1 aliphatic carbocycles. The molecule has 2 aromatic rings. The van der Waals surface area contributed by atoms with Gasteiger partial charge >= 0.3 is 5.69 Å². The predicted octanol–water partition coefficient (Wildman–Crippen LogP) is 2.30. The Labute approximate surface area is 134 Å². The number of thioether (sulfide) groups is 1. The van der Waals surface area contributed by atoms with Crippen LogP contribution in [0.2, 0.25) is 0 Å². The van der Waals surface area contributed by atoms with E-state index in [-0.39, 0.29) is 23.3 Å². The molecule has 1 saturated carbocycles. The minimum Gasteiger partial charge on any atom is -0.325 e. The number of nitrogens with one attached hydrogen (secondary N) is 2. The summed E-state index contributed by atoms with van der Waals surface area (Å²) in [5.74, 6) is -2.40. The number of halogens is 2. The largest absolute Gasteiger partial charge is 0.344 e. The Kier molecular flexibility index (Phi) is 4.20. The summed E-state index contributed by atoms with van der Waals surface area (Å²) in [6.45, 7) is 1.65. The number of amides is 1. The van der Waals surface area contributed by atoms with Crippen LogP contribution in [0.25, 0.3) is 0 Å². The fourth-order valence-electron chi connectivity index (χ4n) is 2.06. The van der Waals surface area contributed by atoms with Gasteiger partial charge in [0.15, 0.2) is 16.8 Å². The first-order chi connectivity index (χ1) is 11.0. The number of nitrogens with zero attached hydrogens (tertiary/aromatic N) is 2. The fraction of sp³-hybridized carbons (Fsp3) is 0.357. The maximum absolute atomic E-state index is 13.1. The number of hydrogen-bond acceptors (Lipinski definition) is 4. The maximum atomic E-state index is 13.1. The fourth-order valence-corrected chi connectivity index (χ4v) is 2.98. The predicted molar refractivity (Wildman–Crippen MR) is 81.4 cm³/mol. The summed E-state index contributed by atoms with van der Waals surface area (Å²) in [7, 11) is 0. The van der Waals surface area contributed by atoms with Crippen LogP contribution in [0.5, 0.6) is 0 Å². The zero-order valence-corrected chi connectivity index (χ0v) is 13.0. The molecular formula is C14H14F2N4O2S. The Morgan fingerprint density at radius 2 is 2.17 bits per heavy atom. The van der Waals surface area contributed by atoms with Gasteiger partial charge in [0, 0.05) is 17.8 Å². The van der Waals surface area contributed by atoms with E-state index in [0.29, 0.717) is 5.16 Å². The first-order valence-corrected chi connectivity index (χ1v) is 7.93. The number of H-pyrrole nitrogens is 1. The van der Waals surface area contributed by atoms with Crippen molar-refractivity contribution in [1.82, 2.24) is 14.8 Å². The van der Waals surface area contributed by atoms with Crippen molar-refractivity contribution in [2.24, 2.45) is 0 Å². The molecule has 1 heterocycles. The van der Waals surface area contributed by atoms with E-state index in [1.807, 2.05) is 0 Å². The Hall–Kier alpha value is -2.16. The van der Waals surface area contributed by atoms with Crippen LogP contribution >= 0.6 is 11.8 Å². The minimum absolute atomic E-state index is 0.144. The number of aromatic nitrogens is 3. The van der Waals surface area contributed by atoms with Crippen LogP contribution in [-0.2, 0) is 4.79 Å². The van der Waals surface area contributed by atoms with Crippen LogP contribution in [0.15, 0.2) is 28.2 Å². The maximum Gasteiger partial charge on any atom is 0.344 e. The molecule has 1 aliphatic rings. The monoisotopic (exact) mass is 340 g/mol. The van der Waals surface area contributed by atoms with Crippen LogP contribution in [0.3, 0.4) is 0 Å². The van der Waals surface area contributed by atoms with Crippen molar-refractivity contribution >= 4 is 23.4 Å². The summed E-state index contributed by atoms with van der Waals surface area (Å²) >= 11 is 1.13. The highest BCUT2D eigenvalue weighted by Crippen LogP contribution is 2.36. The molecule has 1 fully saturated rings. The molecule has 1 aromatic carbocycles. The molecule has 0 unspecified atom stereocenters. The van der Waals surface area contributed by atoms with Gasteiger partial charge in [0.1, 0.15) is 0 Å². The van der Waals surface area contributed by atoms with Gasteiger partial charge in [-0.3, -0.25) is 9.36 Å². The summed E-state index contributed by atoms with van der Waals surface area (Å²) in [5, 5.41) is 8.71. The van der Waals surface area contributed by atoms with Crippen LogP contribution in [0, 0.1) is 11.6 Å². The highest BCUT2D eigenvalue weighted by atomic mass is 32.2. The zero-order valence-electron chi connectivity index (χ0n) is 12.2. The highest BCUT2D eigenvalue weighted by molar-refractivity contribution is 8.00. The Morgan fingerprint density at radius 3 is 2.83 bits per heavy atom. The molecule has 2 N–H and O–H groups in total. The molecular weight excluding hydrogens is 326 g/mol. The topological polar surface area (TPSA) is 79.8 Å². The summed E-state index contributed by atoms with van der Waals surface area (Å²) in [6, 6.07) is 3.29. The van der Waals surface area contributed by atoms with Crippen molar-refractivity contribution in [2.75, 3.05) is 5.32 Å². The normalized spacial score (nSPS) is 15.4. The SMILES string of the molecule is C[C@@H](Sc1n[nH]c(=O)n1C1CC1)C(=O)Nc1ccc(F)c(F)c1. The molecule has 0 radical (unpaired) electrons. The summed E-state index contributed by atoms with van der Waals surface area (Å²) in [4.78, 5) is 23.8. The van der Waals surface area contributed by atoms with Crippen molar-refractivity contribution in [3.05, 3.63) is 40.3 Å². The van der Waals surface area contributed by atoms with Gasteiger partial charge in [0.25, 0.3) is 0 Å². The van der Waals surface area contributed by atoms with E-state index in [1.165, 1.54) is 6.07 Å². The molecule has 1 amide bonds. The van der Waals surface area contributed by atoms with Gasteiger partial charge in [-0.2, -0.15) is 0 Å². The van der Waals surface area contributed by atoms with Crippen molar-refractivity contribution in [2.45, 2.75) is 36.2 Å². The zero-order chi connectivity index (χ0) is 16.6. The molecule has 1 atom stereocenters. The lowest BCUT2D eigenvalue weighted by Gasteiger charge is -2.12. The van der Waals surface area contributed by atoms with Gasteiger partial charge in [-0.1, -0.05) is 11.8 Å². The van der Waals surface area contributed by atoms with E-state index in [9.17, 15) is 18.4 Å². The molecule has 23 heavy (non-hydrogen) atoms. The lowest BCUT2D eigenvalue weighted by atomic mass is 10.3. The van der Waals surface area contributed by atoms with Crippen molar-refractivity contribution in [3.63, 3.8) is 0 Å². The lowest BCUT2D eigenvalue weighted by Crippen LogP contribution is -2.23. The molecule has 6 nitrogen and oxygen atoms in total. The third-order valence-corrected chi connectivity index (χ3v) is 4.49. The number of benzene rings is 1. The van der Waals surface area contributed by atoms with E-state index in [4.69, 9.17) is 0 Å². The number of carbonyl (C=O) groups is 1. The van der Waals surface area contributed by atoms with Gasteiger partial charge < -0.3 is 5.32 Å². The second-order valence-electron chi connectivity index (χ2n) is 5.29. The van der Waals surface area contributed by atoms with E-state index >= 15 is 0 Å². The quantitative estimate of drug-likeness (QED) is 0.819. The standard InChI is InChI=1S/C14H14F2N4O2S/c1-7(12(21)17-8-2-5-10(15)11(16)6-8)23-14-19-18-13(22)20(14)9-3-4-9/h2,5-7,9H,3-4H2,1H3,(H,17,21)(H,18,22)/t7-/m1/s1. The van der Waals surface area contributed by atoms with Gasteiger partial charge in [-0.05, 0) is 31.9 Å². The van der Waals surface area contributed by atoms with Gasteiger partial charge in [0.05, 0.1) is 5.25 Å². The Balaban J connectivity index is 1.68. The summed E-state index contributed by atoms with van der Waals surface area (Å²) in [5.41, 5.74) is -0.119. The van der Waals surface area contributed by atoms with E-state index in [0.717, 1.165) is 36.7 Å². The van der Waals surface area contributed by atoms with Crippen molar-refractivity contribution < 1.29 is 13.6 Å². The van der Waals surface area contributed by atoms with Gasteiger partial charge in [-0.25, -0.2) is 18.7 Å². The van der Waals surface area contributed by atoms with Crippen LogP contribution in [0.4, 0.5) is 14.5 Å². The number of aromatic amines is 1. The van der Waals surface area contributed by atoms with Crippen molar-refractivity contribution in [1.29, 1.82) is 0 Å². The third-order valence-electron chi connectivity index (χ3n) is 3.42. The second-order valence-corrected chi connectivity index (χ2v) is 6.60. The Bertz CT molecular complexity index is 800. The van der Waals surface area contributed by atoms with Crippen LogP contribution in [0.1, 0.15) is 25.8 Å². The summed E-state index contributed by atoms with van der Waals surface area (Å²) < 4.78 is 27.6. The number of hydrogen-bond donors (Lipinski definition) is 2. The van der Waals surface area contributed by atoms with E-state index < -0.39 is 16.9 Å². The molecule has 0 bridgehead atoms. The van der Waals surface area contributed by atoms with Crippen LogP contribution in [-0.4, -0.2) is 25.9 Å². The number of anilines is 1. The Morgan fingerprint density at radius 1 is 1.43 bits per heavy atom. The summed E-state index contributed by atoms with van der Waals surface area (Å²) in [6.07, 6.45) is 1.84.